The van der Waals surface area contributed by atoms with E-state index in [1.165, 1.54) is 0 Å². The minimum Gasteiger partial charge on any atom is -0.466 e. The maximum atomic E-state index is 13.0. The van der Waals surface area contributed by atoms with E-state index in [2.05, 4.69) is 0 Å². The van der Waals surface area contributed by atoms with Crippen LogP contribution in [0.3, 0.4) is 0 Å². The van der Waals surface area contributed by atoms with Crippen molar-refractivity contribution in [2.24, 2.45) is 0 Å². The standard InChI is InChI=1S/C23H33NO6/c1-7-28-20(26)15-17(25)14-19-18(13-16-11-9-8-10-12-16)24(23(5,6)29-19)21(27)30-22(2,3)4/h8-12,18-19H,7,13-15H2,1-6H3. The maximum absolute atomic E-state index is 13.0. The molecule has 1 aromatic rings. The molecular weight excluding hydrogens is 386 g/mol. The van der Waals surface area contributed by atoms with Gasteiger partial charge in [-0.1, -0.05) is 30.3 Å². The Morgan fingerprint density at radius 2 is 1.77 bits per heavy atom. The molecule has 0 N–H and O–H groups in total. The molecule has 1 aliphatic rings. The van der Waals surface area contributed by atoms with Crippen LogP contribution in [0, 0.1) is 0 Å². The lowest BCUT2D eigenvalue weighted by molar-refractivity contribution is -0.146. The summed E-state index contributed by atoms with van der Waals surface area (Å²) in [5.41, 5.74) is -0.612. The first kappa shape index (κ1) is 23.9. The minimum atomic E-state index is -0.962. The number of ether oxygens (including phenoxy) is 3. The highest BCUT2D eigenvalue weighted by atomic mass is 16.6. The van der Waals surface area contributed by atoms with E-state index in [-0.39, 0.29) is 25.2 Å². The molecule has 0 radical (unpaired) electrons. The average Bonchev–Trinajstić information content (AvgIpc) is 2.83. The molecule has 7 nitrogen and oxygen atoms in total. The molecule has 1 heterocycles. The summed E-state index contributed by atoms with van der Waals surface area (Å²) in [5.74, 6) is -0.832. The van der Waals surface area contributed by atoms with Crippen LogP contribution >= 0.6 is 0 Å². The van der Waals surface area contributed by atoms with E-state index in [1.54, 1.807) is 46.4 Å². The Balaban J connectivity index is 2.27. The molecule has 30 heavy (non-hydrogen) atoms. The highest BCUT2D eigenvalue weighted by Gasteiger charge is 2.51. The number of hydrogen-bond donors (Lipinski definition) is 0. The van der Waals surface area contributed by atoms with Crippen molar-refractivity contribution in [1.82, 2.24) is 4.90 Å². The summed E-state index contributed by atoms with van der Waals surface area (Å²) in [6.07, 6.45) is -0.846. The van der Waals surface area contributed by atoms with Crippen molar-refractivity contribution in [3.8, 4) is 0 Å². The lowest BCUT2D eigenvalue weighted by Gasteiger charge is -2.35. The molecule has 0 saturated carbocycles. The summed E-state index contributed by atoms with van der Waals surface area (Å²) in [4.78, 5) is 38.8. The molecule has 1 fully saturated rings. The van der Waals surface area contributed by atoms with Crippen LogP contribution in [-0.4, -0.2) is 52.8 Å². The van der Waals surface area contributed by atoms with E-state index < -0.39 is 35.5 Å². The van der Waals surface area contributed by atoms with E-state index >= 15 is 0 Å². The first-order valence-corrected chi connectivity index (χ1v) is 10.3. The highest BCUT2D eigenvalue weighted by molar-refractivity contribution is 5.95. The second-order valence-corrected chi connectivity index (χ2v) is 8.94. The number of hydrogen-bond acceptors (Lipinski definition) is 6. The summed E-state index contributed by atoms with van der Waals surface area (Å²) < 4.78 is 16.6. The number of rotatable bonds is 7. The quantitative estimate of drug-likeness (QED) is 0.493. The number of esters is 1. The topological polar surface area (TPSA) is 82.1 Å². The molecule has 0 bridgehead atoms. The summed E-state index contributed by atoms with van der Waals surface area (Å²) in [6.45, 7) is 10.9. The lowest BCUT2D eigenvalue weighted by atomic mass is 9.96. The number of ketones is 1. The third-order valence-corrected chi connectivity index (χ3v) is 4.73. The summed E-state index contributed by atoms with van der Waals surface area (Å²) in [6, 6.07) is 9.30. The number of carbonyl (C=O) groups excluding carboxylic acids is 3. The van der Waals surface area contributed by atoms with Crippen LogP contribution in [0.2, 0.25) is 0 Å². The van der Waals surface area contributed by atoms with Crippen LogP contribution in [0.1, 0.15) is 59.9 Å². The molecule has 2 rings (SSSR count). The van der Waals surface area contributed by atoms with Crippen LogP contribution in [-0.2, 0) is 30.2 Å². The summed E-state index contributed by atoms with van der Waals surface area (Å²) in [5, 5.41) is 0. The van der Waals surface area contributed by atoms with Gasteiger partial charge in [0.05, 0.1) is 18.8 Å². The normalized spacial score (nSPS) is 20.7. The van der Waals surface area contributed by atoms with Gasteiger partial charge in [-0.25, -0.2) is 4.79 Å². The Morgan fingerprint density at radius 3 is 2.33 bits per heavy atom. The Morgan fingerprint density at radius 1 is 1.13 bits per heavy atom. The molecule has 1 saturated heterocycles. The van der Waals surface area contributed by atoms with Crippen molar-refractivity contribution in [1.29, 1.82) is 0 Å². The van der Waals surface area contributed by atoms with Crippen LogP contribution in [0.4, 0.5) is 4.79 Å². The van der Waals surface area contributed by atoms with Crippen molar-refractivity contribution >= 4 is 17.8 Å². The van der Waals surface area contributed by atoms with Crippen LogP contribution < -0.4 is 0 Å². The van der Waals surface area contributed by atoms with Gasteiger partial charge in [-0.3, -0.25) is 14.5 Å². The van der Waals surface area contributed by atoms with Gasteiger partial charge >= 0.3 is 12.1 Å². The smallest absolute Gasteiger partial charge is 0.412 e. The zero-order valence-electron chi connectivity index (χ0n) is 18.8. The molecule has 2 atom stereocenters. The third-order valence-electron chi connectivity index (χ3n) is 4.73. The van der Waals surface area contributed by atoms with Crippen molar-refractivity contribution in [3.63, 3.8) is 0 Å². The second kappa shape index (κ2) is 9.60. The molecule has 1 aliphatic heterocycles. The number of nitrogens with zero attached hydrogens (tertiary/aromatic N) is 1. The van der Waals surface area contributed by atoms with Gasteiger partial charge in [0.15, 0.2) is 0 Å². The van der Waals surface area contributed by atoms with E-state index in [0.717, 1.165) is 5.56 Å². The number of amides is 1. The fraction of sp³-hybridized carbons (Fsp3) is 0.609. The zero-order valence-corrected chi connectivity index (χ0v) is 18.8. The van der Waals surface area contributed by atoms with Crippen molar-refractivity contribution < 1.29 is 28.6 Å². The largest absolute Gasteiger partial charge is 0.466 e. The van der Waals surface area contributed by atoms with Gasteiger partial charge in [0.1, 0.15) is 23.5 Å². The molecule has 1 amide bonds. The predicted molar refractivity (Wildman–Crippen MR) is 112 cm³/mol. The van der Waals surface area contributed by atoms with Gasteiger partial charge in [-0.2, -0.15) is 0 Å². The van der Waals surface area contributed by atoms with Crippen molar-refractivity contribution in [2.75, 3.05) is 6.61 Å². The molecular formula is C23H33NO6. The molecule has 0 aromatic heterocycles. The number of Topliss-reactive ketones (excluding diaryl/α,β-unsaturated/α-hetero) is 1. The Bertz CT molecular complexity index is 753. The molecule has 2 unspecified atom stereocenters. The van der Waals surface area contributed by atoms with Crippen molar-refractivity contribution in [2.45, 2.75) is 84.3 Å². The third kappa shape index (κ3) is 6.55. The monoisotopic (exact) mass is 419 g/mol. The van der Waals surface area contributed by atoms with Crippen LogP contribution in [0.25, 0.3) is 0 Å². The van der Waals surface area contributed by atoms with Gasteiger partial charge in [-0.05, 0) is 53.5 Å². The zero-order chi connectivity index (χ0) is 22.5. The van der Waals surface area contributed by atoms with Gasteiger partial charge < -0.3 is 14.2 Å². The minimum absolute atomic E-state index is 0.0129. The maximum Gasteiger partial charge on any atom is 0.412 e. The molecule has 166 valence electrons. The second-order valence-electron chi connectivity index (χ2n) is 8.94. The van der Waals surface area contributed by atoms with Crippen LogP contribution in [0.5, 0.6) is 0 Å². The van der Waals surface area contributed by atoms with Gasteiger partial charge in [0.2, 0.25) is 0 Å². The number of benzene rings is 1. The molecule has 0 aliphatic carbocycles. The molecule has 1 aromatic carbocycles. The fourth-order valence-electron chi connectivity index (χ4n) is 3.66. The summed E-state index contributed by atoms with van der Waals surface area (Å²) in [7, 11) is 0. The number of carbonyl (C=O) groups is 3. The van der Waals surface area contributed by atoms with Gasteiger partial charge in [-0.15, -0.1) is 0 Å². The Labute approximate surface area is 178 Å². The Kier molecular flexibility index (Phi) is 7.64. The highest BCUT2D eigenvalue weighted by Crippen LogP contribution is 2.37. The van der Waals surface area contributed by atoms with E-state index in [0.29, 0.717) is 6.42 Å². The average molecular weight is 420 g/mol. The van der Waals surface area contributed by atoms with Crippen LogP contribution in [0.15, 0.2) is 30.3 Å². The molecule has 7 heteroatoms. The van der Waals surface area contributed by atoms with E-state index in [4.69, 9.17) is 14.2 Å². The lowest BCUT2D eigenvalue weighted by Crippen LogP contribution is -2.51. The fourth-order valence-corrected chi connectivity index (χ4v) is 3.66. The van der Waals surface area contributed by atoms with E-state index in [1.807, 2.05) is 30.3 Å². The van der Waals surface area contributed by atoms with Crippen molar-refractivity contribution in [3.05, 3.63) is 35.9 Å². The van der Waals surface area contributed by atoms with Gasteiger partial charge in [0, 0.05) is 6.42 Å². The first-order chi connectivity index (χ1) is 13.9. The van der Waals surface area contributed by atoms with Gasteiger partial charge in [0.25, 0.3) is 0 Å². The summed E-state index contributed by atoms with van der Waals surface area (Å²) >= 11 is 0. The predicted octanol–water partition coefficient (Wildman–Crippen LogP) is 3.88. The SMILES string of the molecule is CCOC(=O)CC(=O)CC1OC(C)(C)N(C(=O)OC(C)(C)C)C1Cc1ccccc1. The first-order valence-electron chi connectivity index (χ1n) is 10.3. The Hall–Kier alpha value is -2.41. The molecule has 0 spiro atoms. The van der Waals surface area contributed by atoms with E-state index in [9.17, 15) is 14.4 Å².